The van der Waals surface area contributed by atoms with E-state index in [0.29, 0.717) is 5.69 Å². The molecule has 0 bridgehead atoms. The highest BCUT2D eigenvalue weighted by molar-refractivity contribution is 6.26. The lowest BCUT2D eigenvalue weighted by molar-refractivity contribution is -0.139. The van der Waals surface area contributed by atoms with E-state index in [0.717, 1.165) is 16.7 Å². The van der Waals surface area contributed by atoms with Crippen LogP contribution in [0.2, 0.25) is 0 Å². The van der Waals surface area contributed by atoms with E-state index in [4.69, 9.17) is 9.47 Å². The van der Waals surface area contributed by atoms with Gasteiger partial charge in [0.1, 0.15) is 0 Å². The summed E-state index contributed by atoms with van der Waals surface area (Å²) in [5.41, 5.74) is 3.51. The van der Waals surface area contributed by atoms with E-state index in [1.54, 1.807) is 13.0 Å². The Morgan fingerprint density at radius 1 is 1.15 bits per heavy atom. The fraction of sp³-hybridized carbons (Fsp3) is 0.182. The third kappa shape index (κ3) is 4.08. The molecule has 2 aromatic rings. The molecule has 138 valence electrons. The van der Waals surface area contributed by atoms with E-state index in [1.807, 2.05) is 62.4 Å². The Labute approximate surface area is 158 Å². The van der Waals surface area contributed by atoms with Gasteiger partial charge in [0.05, 0.1) is 6.61 Å². The molecule has 0 saturated carbocycles. The van der Waals surface area contributed by atoms with Gasteiger partial charge in [-0.05, 0) is 50.1 Å². The summed E-state index contributed by atoms with van der Waals surface area (Å²) in [6.45, 7) is 5.79. The Balaban J connectivity index is 1.97. The molecule has 0 unspecified atom stereocenters. The van der Waals surface area contributed by atoms with E-state index >= 15 is 0 Å². The number of hydrogen-bond acceptors (Lipinski definition) is 5. The number of hydrogen-bond donors (Lipinski definition) is 1. The van der Waals surface area contributed by atoms with Gasteiger partial charge in [-0.25, -0.2) is 4.79 Å². The van der Waals surface area contributed by atoms with Gasteiger partial charge in [-0.1, -0.05) is 42.0 Å². The Bertz CT molecular complexity index is 942. The van der Waals surface area contributed by atoms with Crippen LogP contribution in [-0.2, 0) is 19.1 Å². The second-order valence-electron chi connectivity index (χ2n) is 6.22. The van der Waals surface area contributed by atoms with Crippen molar-refractivity contribution in [3.63, 3.8) is 0 Å². The Morgan fingerprint density at radius 2 is 1.89 bits per heavy atom. The van der Waals surface area contributed by atoms with Crippen molar-refractivity contribution in [2.45, 2.75) is 20.8 Å². The molecule has 1 aliphatic heterocycles. The SMILES string of the molecule is CCOC(=O)C1=C(Nc2ccccc2)O/C(=C\c2cc(C)ccc2C)C1=O. The third-order valence-corrected chi connectivity index (χ3v) is 4.12. The van der Waals surface area contributed by atoms with Gasteiger partial charge < -0.3 is 14.8 Å². The average molecular weight is 363 g/mol. The molecule has 0 fully saturated rings. The Morgan fingerprint density at radius 3 is 2.59 bits per heavy atom. The summed E-state index contributed by atoms with van der Waals surface area (Å²) < 4.78 is 10.8. The van der Waals surface area contributed by atoms with Crippen LogP contribution in [0.25, 0.3) is 6.08 Å². The molecular weight excluding hydrogens is 342 g/mol. The van der Waals surface area contributed by atoms with E-state index in [2.05, 4.69) is 5.32 Å². The highest BCUT2D eigenvalue weighted by Gasteiger charge is 2.37. The van der Waals surface area contributed by atoms with Crippen LogP contribution >= 0.6 is 0 Å². The van der Waals surface area contributed by atoms with Crippen molar-refractivity contribution in [3.8, 4) is 0 Å². The molecule has 0 aliphatic carbocycles. The third-order valence-electron chi connectivity index (χ3n) is 4.12. The quantitative estimate of drug-likeness (QED) is 0.492. The van der Waals surface area contributed by atoms with Gasteiger partial charge in [0.15, 0.2) is 11.3 Å². The lowest BCUT2D eigenvalue weighted by Crippen LogP contribution is -2.16. The van der Waals surface area contributed by atoms with Crippen LogP contribution in [0.5, 0.6) is 0 Å². The molecule has 0 saturated heterocycles. The molecule has 0 radical (unpaired) electrons. The minimum Gasteiger partial charge on any atom is -0.462 e. The second-order valence-corrected chi connectivity index (χ2v) is 6.22. The Hall–Kier alpha value is -3.34. The zero-order valence-electron chi connectivity index (χ0n) is 15.5. The van der Waals surface area contributed by atoms with Crippen molar-refractivity contribution in [3.05, 3.63) is 82.4 Å². The zero-order chi connectivity index (χ0) is 19.4. The van der Waals surface area contributed by atoms with E-state index < -0.39 is 11.8 Å². The number of rotatable bonds is 5. The number of carbonyl (C=O) groups excluding carboxylic acids is 2. The van der Waals surface area contributed by atoms with Crippen LogP contribution in [-0.4, -0.2) is 18.4 Å². The fourth-order valence-electron chi connectivity index (χ4n) is 2.71. The van der Waals surface area contributed by atoms with E-state index in [9.17, 15) is 9.59 Å². The van der Waals surface area contributed by atoms with Crippen molar-refractivity contribution in [2.75, 3.05) is 11.9 Å². The lowest BCUT2D eigenvalue weighted by Gasteiger charge is -2.08. The van der Waals surface area contributed by atoms with Gasteiger partial charge in [0.2, 0.25) is 11.7 Å². The summed E-state index contributed by atoms with van der Waals surface area (Å²) in [6.07, 6.45) is 1.66. The predicted octanol–water partition coefficient (Wildman–Crippen LogP) is 4.13. The smallest absolute Gasteiger partial charge is 0.347 e. The normalized spacial score (nSPS) is 15.1. The number of para-hydroxylation sites is 1. The largest absolute Gasteiger partial charge is 0.462 e. The Kier molecular flexibility index (Phi) is 5.41. The zero-order valence-corrected chi connectivity index (χ0v) is 15.5. The molecule has 1 heterocycles. The maximum atomic E-state index is 12.8. The average Bonchev–Trinajstić information content (AvgIpc) is 2.94. The lowest BCUT2D eigenvalue weighted by atomic mass is 10.0. The van der Waals surface area contributed by atoms with Crippen LogP contribution in [0.4, 0.5) is 5.69 Å². The van der Waals surface area contributed by atoms with Crippen molar-refractivity contribution in [1.29, 1.82) is 0 Å². The maximum absolute atomic E-state index is 12.8. The second kappa shape index (κ2) is 7.91. The van der Waals surface area contributed by atoms with Crippen molar-refractivity contribution in [1.82, 2.24) is 0 Å². The predicted molar refractivity (Wildman–Crippen MR) is 104 cm³/mol. The highest BCUT2D eigenvalue weighted by atomic mass is 16.5. The molecule has 3 rings (SSSR count). The molecule has 1 N–H and O–H groups in total. The number of anilines is 1. The van der Waals surface area contributed by atoms with E-state index in [1.165, 1.54) is 0 Å². The summed E-state index contributed by atoms with van der Waals surface area (Å²) in [5.74, 6) is -1.02. The number of benzene rings is 2. The molecule has 0 spiro atoms. The van der Waals surface area contributed by atoms with Crippen molar-refractivity contribution in [2.24, 2.45) is 0 Å². The van der Waals surface area contributed by atoms with Gasteiger partial charge in [-0.3, -0.25) is 4.79 Å². The van der Waals surface area contributed by atoms with Gasteiger partial charge in [0, 0.05) is 5.69 Å². The van der Waals surface area contributed by atoms with Crippen LogP contribution in [0.3, 0.4) is 0 Å². The molecule has 0 aromatic heterocycles. The van der Waals surface area contributed by atoms with Crippen molar-refractivity contribution >= 4 is 23.5 Å². The summed E-state index contributed by atoms with van der Waals surface area (Å²) in [7, 11) is 0. The summed E-state index contributed by atoms with van der Waals surface area (Å²) >= 11 is 0. The molecule has 5 nitrogen and oxygen atoms in total. The highest BCUT2D eigenvalue weighted by Crippen LogP contribution is 2.29. The summed E-state index contributed by atoms with van der Waals surface area (Å²) in [4.78, 5) is 25.2. The van der Waals surface area contributed by atoms with Crippen LogP contribution in [0.1, 0.15) is 23.6 Å². The maximum Gasteiger partial charge on any atom is 0.347 e. The first kappa shape index (κ1) is 18.5. The van der Waals surface area contributed by atoms with Crippen LogP contribution in [0.15, 0.2) is 65.7 Å². The monoisotopic (exact) mass is 363 g/mol. The van der Waals surface area contributed by atoms with Gasteiger partial charge in [-0.15, -0.1) is 0 Å². The molecule has 27 heavy (non-hydrogen) atoms. The molecule has 5 heteroatoms. The van der Waals surface area contributed by atoms with Gasteiger partial charge >= 0.3 is 5.97 Å². The number of aryl methyl sites for hydroxylation is 2. The molecule has 1 aliphatic rings. The summed E-state index contributed by atoms with van der Waals surface area (Å²) in [5, 5.41) is 3.00. The number of carbonyl (C=O) groups is 2. The number of Topliss-reactive ketones (excluding diaryl/α,β-unsaturated/α-hetero) is 1. The standard InChI is InChI=1S/C22H21NO4/c1-4-26-22(25)19-20(24)18(13-16-12-14(2)10-11-15(16)3)27-21(19)23-17-8-6-5-7-9-17/h5-13,23H,4H2,1-3H3/b18-13-. The molecule has 0 amide bonds. The van der Waals surface area contributed by atoms with Crippen molar-refractivity contribution < 1.29 is 19.1 Å². The first-order valence-corrected chi connectivity index (χ1v) is 8.74. The van der Waals surface area contributed by atoms with Crippen LogP contribution < -0.4 is 5.32 Å². The topological polar surface area (TPSA) is 64.6 Å². The molecule has 0 atom stereocenters. The number of allylic oxidation sites excluding steroid dienone is 1. The fourth-order valence-corrected chi connectivity index (χ4v) is 2.71. The van der Waals surface area contributed by atoms with Crippen LogP contribution in [0, 0.1) is 13.8 Å². The van der Waals surface area contributed by atoms with Gasteiger partial charge in [0.25, 0.3) is 0 Å². The van der Waals surface area contributed by atoms with Gasteiger partial charge in [-0.2, -0.15) is 0 Å². The first-order chi connectivity index (χ1) is 13.0. The molecule has 2 aromatic carbocycles. The minimum absolute atomic E-state index is 0.0845. The summed E-state index contributed by atoms with van der Waals surface area (Å²) in [6, 6.07) is 15.1. The number of ketones is 1. The number of nitrogens with one attached hydrogen (secondary N) is 1. The number of esters is 1. The molecular formula is C22H21NO4. The minimum atomic E-state index is -0.703. The van der Waals surface area contributed by atoms with E-state index in [-0.39, 0.29) is 23.8 Å². The number of ether oxygens (including phenoxy) is 2. The first-order valence-electron chi connectivity index (χ1n) is 8.74.